The highest BCUT2D eigenvalue weighted by atomic mass is 15.1. The Labute approximate surface area is 195 Å². The number of nitrogens with zero attached hydrogens (tertiary/aromatic N) is 5. The van der Waals surface area contributed by atoms with E-state index in [1.54, 1.807) is 12.4 Å². The van der Waals surface area contributed by atoms with Crippen LogP contribution in [0.5, 0.6) is 0 Å². The van der Waals surface area contributed by atoms with Crippen LogP contribution in [0.3, 0.4) is 0 Å². The highest BCUT2D eigenvalue weighted by Crippen LogP contribution is 2.32. The first-order valence-corrected chi connectivity index (χ1v) is 11.2. The van der Waals surface area contributed by atoms with Gasteiger partial charge in [-0.3, -0.25) is 15.1 Å². The number of imidazole rings is 1. The van der Waals surface area contributed by atoms with Gasteiger partial charge in [0.2, 0.25) is 0 Å². The van der Waals surface area contributed by atoms with Gasteiger partial charge in [-0.25, -0.2) is 9.97 Å². The lowest BCUT2D eigenvalue weighted by Crippen LogP contribution is -2.11. The van der Waals surface area contributed by atoms with E-state index in [-0.39, 0.29) is 0 Å². The lowest BCUT2D eigenvalue weighted by atomic mass is 10.0. The topological polar surface area (TPSA) is 108 Å². The van der Waals surface area contributed by atoms with Crippen LogP contribution in [0, 0.1) is 0 Å². The first-order chi connectivity index (χ1) is 16.8. The third-order valence-electron chi connectivity index (χ3n) is 5.82. The molecule has 0 saturated heterocycles. The van der Waals surface area contributed by atoms with Crippen LogP contribution in [0.25, 0.3) is 56.0 Å². The molecule has 0 radical (unpaired) electrons. The molecule has 3 N–H and O–H groups in total. The fourth-order valence-corrected chi connectivity index (χ4v) is 4.14. The van der Waals surface area contributed by atoms with Crippen LogP contribution in [-0.4, -0.2) is 41.7 Å². The molecule has 0 saturated carbocycles. The Morgan fingerprint density at radius 3 is 2.79 bits per heavy atom. The van der Waals surface area contributed by atoms with Crippen molar-refractivity contribution in [1.29, 1.82) is 0 Å². The molecule has 0 bridgehead atoms. The number of nitrogens with one attached hydrogen (secondary N) is 3. The van der Waals surface area contributed by atoms with Gasteiger partial charge in [0.05, 0.1) is 11.2 Å². The molecule has 1 aromatic carbocycles. The van der Waals surface area contributed by atoms with Gasteiger partial charge in [-0.2, -0.15) is 5.10 Å². The number of aromatic amines is 2. The fraction of sp³-hybridized carbons (Fsp3) is 0.115. The molecule has 5 aromatic heterocycles. The van der Waals surface area contributed by atoms with Gasteiger partial charge in [-0.15, -0.1) is 0 Å². The van der Waals surface area contributed by atoms with Crippen molar-refractivity contribution in [2.75, 3.05) is 6.54 Å². The van der Waals surface area contributed by atoms with Crippen molar-refractivity contribution in [3.8, 4) is 33.9 Å². The third-order valence-corrected chi connectivity index (χ3v) is 5.82. The van der Waals surface area contributed by atoms with Crippen molar-refractivity contribution >= 4 is 22.1 Å². The summed E-state index contributed by atoms with van der Waals surface area (Å²) < 4.78 is 0. The van der Waals surface area contributed by atoms with E-state index >= 15 is 0 Å². The largest absolute Gasteiger partial charge is 0.321 e. The van der Waals surface area contributed by atoms with Crippen molar-refractivity contribution in [2.24, 2.45) is 0 Å². The summed E-state index contributed by atoms with van der Waals surface area (Å²) in [7, 11) is 0. The van der Waals surface area contributed by atoms with E-state index in [0.717, 1.165) is 63.2 Å². The Morgan fingerprint density at radius 1 is 0.941 bits per heavy atom. The monoisotopic (exact) mass is 446 g/mol. The molecule has 5 heterocycles. The maximum absolute atomic E-state index is 4.87. The number of fused-ring (bicyclic) bond motifs is 2. The van der Waals surface area contributed by atoms with Crippen LogP contribution in [0.2, 0.25) is 0 Å². The third kappa shape index (κ3) is 3.60. The first kappa shape index (κ1) is 20.2. The summed E-state index contributed by atoms with van der Waals surface area (Å²) in [6, 6.07) is 16.2. The summed E-state index contributed by atoms with van der Waals surface area (Å²) in [5, 5.41) is 12.0. The van der Waals surface area contributed by atoms with Crippen molar-refractivity contribution in [3.63, 3.8) is 0 Å². The number of pyridine rings is 3. The molecule has 0 aliphatic rings. The van der Waals surface area contributed by atoms with Gasteiger partial charge >= 0.3 is 0 Å². The van der Waals surface area contributed by atoms with E-state index in [1.165, 1.54) is 0 Å². The Morgan fingerprint density at radius 2 is 1.91 bits per heavy atom. The van der Waals surface area contributed by atoms with E-state index in [2.05, 4.69) is 60.6 Å². The standard InChI is InChI=1S/C26H22N8/c1-2-27-13-16-11-18(15-28-14-16)17-6-7-22-20(12-17)24(34-33-22)26-31-23-19(8-10-30-25(23)32-26)21-5-3-4-9-29-21/h3-12,14-15,27H,2,13H2,1H3,(H,33,34)(H,30,31,32). The predicted octanol–water partition coefficient (Wildman–Crippen LogP) is 4.73. The van der Waals surface area contributed by atoms with Crippen molar-refractivity contribution in [1.82, 2.24) is 40.4 Å². The number of hydrogen-bond acceptors (Lipinski definition) is 6. The molecule has 0 spiro atoms. The van der Waals surface area contributed by atoms with Crippen molar-refractivity contribution in [3.05, 3.63) is 78.9 Å². The number of H-pyrrole nitrogens is 2. The number of aromatic nitrogens is 7. The fourth-order valence-electron chi connectivity index (χ4n) is 4.14. The number of benzene rings is 1. The van der Waals surface area contributed by atoms with E-state index in [9.17, 15) is 0 Å². The number of hydrogen-bond donors (Lipinski definition) is 3. The molecular weight excluding hydrogens is 424 g/mol. The Hall–Kier alpha value is -4.43. The lowest BCUT2D eigenvalue weighted by Gasteiger charge is -2.06. The average Bonchev–Trinajstić information content (AvgIpc) is 3.51. The normalized spacial score (nSPS) is 11.4. The van der Waals surface area contributed by atoms with Gasteiger partial charge in [-0.1, -0.05) is 19.1 Å². The molecule has 8 nitrogen and oxygen atoms in total. The van der Waals surface area contributed by atoms with Crippen LogP contribution in [-0.2, 0) is 6.54 Å². The van der Waals surface area contributed by atoms with Gasteiger partial charge in [0.1, 0.15) is 11.2 Å². The highest BCUT2D eigenvalue weighted by molar-refractivity contribution is 5.97. The summed E-state index contributed by atoms with van der Waals surface area (Å²) in [4.78, 5) is 21.6. The number of rotatable bonds is 6. The second-order valence-corrected chi connectivity index (χ2v) is 8.05. The van der Waals surface area contributed by atoms with Crippen molar-refractivity contribution in [2.45, 2.75) is 13.5 Å². The van der Waals surface area contributed by atoms with Crippen LogP contribution in [0.4, 0.5) is 0 Å². The van der Waals surface area contributed by atoms with E-state index in [4.69, 9.17) is 4.98 Å². The second kappa shape index (κ2) is 8.49. The smallest absolute Gasteiger partial charge is 0.160 e. The minimum absolute atomic E-state index is 0.660. The zero-order chi connectivity index (χ0) is 22.9. The summed E-state index contributed by atoms with van der Waals surface area (Å²) in [5.41, 5.74) is 8.22. The summed E-state index contributed by atoms with van der Waals surface area (Å²) in [5.74, 6) is 0.660. The minimum Gasteiger partial charge on any atom is -0.321 e. The summed E-state index contributed by atoms with van der Waals surface area (Å²) in [6.07, 6.45) is 7.33. The molecule has 0 atom stereocenters. The van der Waals surface area contributed by atoms with Gasteiger partial charge in [0.25, 0.3) is 0 Å². The van der Waals surface area contributed by atoms with E-state index < -0.39 is 0 Å². The maximum atomic E-state index is 4.87. The molecule has 166 valence electrons. The Kier molecular flexibility index (Phi) is 5.04. The average molecular weight is 447 g/mol. The Balaban J connectivity index is 1.44. The summed E-state index contributed by atoms with van der Waals surface area (Å²) in [6.45, 7) is 3.81. The second-order valence-electron chi connectivity index (χ2n) is 8.05. The van der Waals surface area contributed by atoms with Gasteiger partial charge < -0.3 is 10.3 Å². The quantitative estimate of drug-likeness (QED) is 0.341. The minimum atomic E-state index is 0.660. The van der Waals surface area contributed by atoms with Crippen molar-refractivity contribution < 1.29 is 0 Å². The molecule has 0 fully saturated rings. The summed E-state index contributed by atoms with van der Waals surface area (Å²) >= 11 is 0. The zero-order valence-corrected chi connectivity index (χ0v) is 18.6. The SMILES string of the molecule is CCNCc1cncc(-c2ccc3[nH]nc(-c4nc5c(-c6ccccn6)ccnc5[nH]4)c3c2)c1. The molecule has 0 aliphatic carbocycles. The van der Waals surface area contributed by atoms with Crippen LogP contribution < -0.4 is 5.32 Å². The predicted molar refractivity (Wildman–Crippen MR) is 133 cm³/mol. The molecule has 6 aromatic rings. The lowest BCUT2D eigenvalue weighted by molar-refractivity contribution is 0.724. The molecule has 8 heteroatoms. The van der Waals surface area contributed by atoms with Gasteiger partial charge in [0, 0.05) is 47.8 Å². The van der Waals surface area contributed by atoms with E-state index in [0.29, 0.717) is 11.5 Å². The first-order valence-electron chi connectivity index (χ1n) is 11.2. The van der Waals surface area contributed by atoms with Gasteiger partial charge in [-0.05, 0) is 54.1 Å². The van der Waals surface area contributed by atoms with E-state index in [1.807, 2.05) is 42.7 Å². The zero-order valence-electron chi connectivity index (χ0n) is 18.6. The maximum Gasteiger partial charge on any atom is 0.160 e. The van der Waals surface area contributed by atoms with Crippen LogP contribution in [0.15, 0.2) is 73.3 Å². The molecular formula is C26H22N8. The highest BCUT2D eigenvalue weighted by Gasteiger charge is 2.16. The van der Waals surface area contributed by atoms with Crippen LogP contribution in [0.1, 0.15) is 12.5 Å². The molecule has 0 aliphatic heterocycles. The van der Waals surface area contributed by atoms with Gasteiger partial charge in [0.15, 0.2) is 11.5 Å². The van der Waals surface area contributed by atoms with Crippen LogP contribution >= 0.6 is 0 Å². The molecule has 6 rings (SSSR count). The molecule has 0 amide bonds. The molecule has 0 unspecified atom stereocenters. The Bertz CT molecular complexity index is 1600. The molecule has 34 heavy (non-hydrogen) atoms.